The maximum atomic E-state index is 11.3. The summed E-state index contributed by atoms with van der Waals surface area (Å²) >= 11 is 0. The molecule has 0 amide bonds. The highest BCUT2D eigenvalue weighted by Crippen LogP contribution is 2.36. The van der Waals surface area contributed by atoms with E-state index in [2.05, 4.69) is 18.8 Å². The molecule has 0 atom stereocenters. The van der Waals surface area contributed by atoms with E-state index in [0.717, 1.165) is 17.6 Å². The Bertz CT molecular complexity index is 859. The second-order valence-corrected chi connectivity index (χ2v) is 7.14. The van der Waals surface area contributed by atoms with Crippen LogP contribution >= 0.6 is 7.60 Å². The molecule has 1 aromatic carbocycles. The lowest BCUT2D eigenvalue weighted by atomic mass is 10.2. The van der Waals surface area contributed by atoms with Crippen LogP contribution in [0, 0.1) is 5.92 Å². The van der Waals surface area contributed by atoms with Crippen LogP contribution < -0.4 is 5.50 Å². The molecule has 22 heavy (non-hydrogen) atoms. The van der Waals surface area contributed by atoms with E-state index in [0.29, 0.717) is 17.5 Å². The Morgan fingerprint density at radius 1 is 1.23 bits per heavy atom. The van der Waals surface area contributed by atoms with Gasteiger partial charge in [-0.25, -0.2) is 4.98 Å². The molecule has 7 heteroatoms. The summed E-state index contributed by atoms with van der Waals surface area (Å²) in [5.74, 6) is 1.33. The van der Waals surface area contributed by atoms with E-state index in [1.165, 1.54) is 6.07 Å². The molecule has 0 spiro atoms. The van der Waals surface area contributed by atoms with Gasteiger partial charge in [0.25, 0.3) is 0 Å². The van der Waals surface area contributed by atoms with Crippen molar-refractivity contribution in [2.75, 3.05) is 0 Å². The zero-order valence-electron chi connectivity index (χ0n) is 12.3. The number of hydrogen-bond acceptors (Lipinski definition) is 3. The monoisotopic (exact) mass is 320 g/mol. The standard InChI is InChI=1S/C15H17N2O4P/c1-10(2)9-17-12-6-4-3-5-11(12)16-15(17)13-7-8-14(21-13)22(18,19)20/h3-8,10H,9H2,1-2H3,(H2,18,19,20). The third-order valence-corrected chi connectivity index (χ3v) is 4.12. The van der Waals surface area contributed by atoms with Gasteiger partial charge >= 0.3 is 7.60 Å². The van der Waals surface area contributed by atoms with Crippen molar-refractivity contribution in [2.24, 2.45) is 5.92 Å². The molecule has 0 radical (unpaired) electrons. The quantitative estimate of drug-likeness (QED) is 0.722. The number of para-hydroxylation sites is 2. The molecule has 0 saturated heterocycles. The average molecular weight is 320 g/mol. The molecule has 116 valence electrons. The van der Waals surface area contributed by atoms with Crippen molar-refractivity contribution in [3.63, 3.8) is 0 Å². The van der Waals surface area contributed by atoms with Crippen molar-refractivity contribution in [2.45, 2.75) is 20.4 Å². The first kappa shape index (κ1) is 15.0. The second-order valence-electron chi connectivity index (χ2n) is 5.61. The number of aromatic nitrogens is 2. The Kier molecular flexibility index (Phi) is 3.68. The molecular weight excluding hydrogens is 303 g/mol. The van der Waals surface area contributed by atoms with Crippen molar-refractivity contribution in [1.29, 1.82) is 0 Å². The highest BCUT2D eigenvalue weighted by molar-refractivity contribution is 7.59. The van der Waals surface area contributed by atoms with Crippen molar-refractivity contribution in [3.05, 3.63) is 36.4 Å². The lowest BCUT2D eigenvalue weighted by Crippen LogP contribution is -2.06. The van der Waals surface area contributed by atoms with Gasteiger partial charge in [-0.15, -0.1) is 0 Å². The smallest absolute Gasteiger partial charge is 0.391 e. The zero-order chi connectivity index (χ0) is 15.9. The van der Waals surface area contributed by atoms with Gasteiger partial charge < -0.3 is 18.8 Å². The minimum Gasteiger partial charge on any atom is -0.445 e. The van der Waals surface area contributed by atoms with Crippen LogP contribution in [0.15, 0.2) is 40.8 Å². The first-order valence-electron chi connectivity index (χ1n) is 6.98. The minimum absolute atomic E-state index is 0.342. The van der Waals surface area contributed by atoms with E-state index < -0.39 is 7.60 Å². The molecule has 0 unspecified atom stereocenters. The summed E-state index contributed by atoms with van der Waals surface area (Å²) in [6.07, 6.45) is 0. The largest absolute Gasteiger partial charge is 0.445 e. The maximum Gasteiger partial charge on any atom is 0.391 e. The summed E-state index contributed by atoms with van der Waals surface area (Å²) in [6.45, 7) is 4.94. The van der Waals surface area contributed by atoms with E-state index in [-0.39, 0.29) is 5.50 Å². The molecule has 0 saturated carbocycles. The number of rotatable bonds is 4. The summed E-state index contributed by atoms with van der Waals surface area (Å²) in [5, 5.41) is 0. The minimum atomic E-state index is -4.40. The van der Waals surface area contributed by atoms with Gasteiger partial charge in [-0.05, 0) is 30.2 Å². The summed E-state index contributed by atoms with van der Waals surface area (Å²) in [5.41, 5.74) is 1.46. The van der Waals surface area contributed by atoms with E-state index >= 15 is 0 Å². The van der Waals surface area contributed by atoms with Gasteiger partial charge in [0, 0.05) is 6.54 Å². The van der Waals surface area contributed by atoms with Crippen LogP contribution in [0.2, 0.25) is 0 Å². The van der Waals surface area contributed by atoms with Gasteiger partial charge in [-0.1, -0.05) is 26.0 Å². The van der Waals surface area contributed by atoms with Crippen molar-refractivity contribution < 1.29 is 18.8 Å². The fourth-order valence-corrected chi connectivity index (χ4v) is 2.90. The molecule has 3 rings (SSSR count). The lowest BCUT2D eigenvalue weighted by molar-refractivity contribution is 0.377. The molecule has 0 aliphatic carbocycles. The maximum absolute atomic E-state index is 11.3. The predicted molar refractivity (Wildman–Crippen MR) is 84.0 cm³/mol. The van der Waals surface area contributed by atoms with Crippen molar-refractivity contribution in [3.8, 4) is 11.6 Å². The summed E-state index contributed by atoms with van der Waals surface area (Å²) in [6, 6.07) is 10.6. The van der Waals surface area contributed by atoms with Gasteiger partial charge in [0.05, 0.1) is 11.0 Å². The molecule has 0 aliphatic heterocycles. The number of fused-ring (bicyclic) bond motifs is 1. The second kappa shape index (κ2) is 5.39. The van der Waals surface area contributed by atoms with Crippen molar-refractivity contribution >= 4 is 24.1 Å². The summed E-state index contributed by atoms with van der Waals surface area (Å²) in [7, 11) is -4.40. The van der Waals surface area contributed by atoms with Crippen LogP contribution in [0.1, 0.15) is 13.8 Å². The highest BCUT2D eigenvalue weighted by Gasteiger charge is 2.24. The topological polar surface area (TPSA) is 88.5 Å². The SMILES string of the molecule is CC(C)Cn1c(-c2ccc(P(=O)(O)O)o2)nc2ccccc21. The van der Waals surface area contributed by atoms with E-state index in [1.807, 2.05) is 28.8 Å². The summed E-state index contributed by atoms with van der Waals surface area (Å²) < 4.78 is 18.6. The van der Waals surface area contributed by atoms with E-state index in [1.54, 1.807) is 6.07 Å². The first-order valence-corrected chi connectivity index (χ1v) is 8.59. The van der Waals surface area contributed by atoms with E-state index in [4.69, 9.17) is 4.42 Å². The third kappa shape index (κ3) is 2.73. The molecule has 0 bridgehead atoms. The van der Waals surface area contributed by atoms with Gasteiger partial charge in [-0.3, -0.25) is 4.57 Å². The Balaban J connectivity index is 2.17. The van der Waals surface area contributed by atoms with Gasteiger partial charge in [0.1, 0.15) is 0 Å². The van der Waals surface area contributed by atoms with Crippen LogP contribution in [0.4, 0.5) is 0 Å². The van der Waals surface area contributed by atoms with Crippen molar-refractivity contribution in [1.82, 2.24) is 9.55 Å². The first-order chi connectivity index (χ1) is 10.4. The molecule has 2 aromatic heterocycles. The fourth-order valence-electron chi connectivity index (χ4n) is 2.42. The molecule has 6 nitrogen and oxygen atoms in total. The molecule has 0 aliphatic rings. The average Bonchev–Trinajstić information content (AvgIpc) is 3.03. The lowest BCUT2D eigenvalue weighted by Gasteiger charge is -2.10. The fraction of sp³-hybridized carbons (Fsp3) is 0.267. The molecule has 3 aromatic rings. The highest BCUT2D eigenvalue weighted by atomic mass is 31.2. The molecule has 2 heterocycles. The Hall–Kier alpha value is -1.88. The van der Waals surface area contributed by atoms with E-state index in [9.17, 15) is 14.4 Å². The molecule has 2 N–H and O–H groups in total. The number of hydrogen-bond donors (Lipinski definition) is 2. The Labute approximate surface area is 127 Å². The zero-order valence-corrected chi connectivity index (χ0v) is 13.2. The van der Waals surface area contributed by atoms with Crippen LogP contribution in [0.5, 0.6) is 0 Å². The Morgan fingerprint density at radius 3 is 2.59 bits per heavy atom. The van der Waals surface area contributed by atoms with Crippen LogP contribution in [0.25, 0.3) is 22.6 Å². The van der Waals surface area contributed by atoms with Crippen LogP contribution in [0.3, 0.4) is 0 Å². The normalized spacial score (nSPS) is 12.4. The number of furan rings is 1. The van der Waals surface area contributed by atoms with Crippen LogP contribution in [-0.2, 0) is 11.1 Å². The molecule has 0 fully saturated rings. The summed E-state index contributed by atoms with van der Waals surface area (Å²) in [4.78, 5) is 22.9. The Morgan fingerprint density at radius 2 is 1.95 bits per heavy atom. The third-order valence-electron chi connectivity index (χ3n) is 3.30. The van der Waals surface area contributed by atoms with Gasteiger partial charge in [0.2, 0.25) is 5.50 Å². The molecular formula is C15H17N2O4P. The predicted octanol–water partition coefficient (Wildman–Crippen LogP) is 2.76. The van der Waals surface area contributed by atoms with Gasteiger partial charge in [0.15, 0.2) is 11.6 Å². The van der Waals surface area contributed by atoms with Crippen LogP contribution in [-0.4, -0.2) is 19.3 Å². The number of nitrogens with zero attached hydrogens (tertiary/aromatic N) is 2. The number of benzene rings is 1. The van der Waals surface area contributed by atoms with Gasteiger partial charge in [-0.2, -0.15) is 0 Å². The number of imidazole rings is 1.